The second-order valence-electron chi connectivity index (χ2n) is 9.09. The van der Waals surface area contributed by atoms with Gasteiger partial charge in [0.15, 0.2) is 0 Å². The maximum absolute atomic E-state index is 12.7. The molecule has 0 radical (unpaired) electrons. The monoisotopic (exact) mass is 434 g/mol. The van der Waals surface area contributed by atoms with E-state index in [2.05, 4.69) is 77.5 Å². The Morgan fingerprint density at radius 3 is 2.36 bits per heavy atom. The van der Waals surface area contributed by atoms with Crippen LogP contribution in [-0.4, -0.2) is 17.0 Å². The SMILES string of the molecule is C[C@H]1CCc2c(cc(-c3ccccc3)n2-c2ccc(C(=O)NCCc3ccccc3)cc2)C1. The fourth-order valence-electron chi connectivity index (χ4n) is 4.86. The summed E-state index contributed by atoms with van der Waals surface area (Å²) in [4.78, 5) is 12.7. The molecule has 166 valence electrons. The number of hydrogen-bond donors (Lipinski definition) is 1. The third-order valence-corrected chi connectivity index (χ3v) is 6.63. The molecule has 4 aromatic rings. The van der Waals surface area contributed by atoms with Gasteiger partial charge >= 0.3 is 0 Å². The lowest BCUT2D eigenvalue weighted by molar-refractivity contribution is 0.0954. The maximum atomic E-state index is 12.7. The Balaban J connectivity index is 1.38. The zero-order valence-electron chi connectivity index (χ0n) is 19.1. The third kappa shape index (κ3) is 4.63. The molecule has 3 heteroatoms. The van der Waals surface area contributed by atoms with Crippen molar-refractivity contribution in [3.05, 3.63) is 113 Å². The lowest BCUT2D eigenvalue weighted by Crippen LogP contribution is -2.25. The molecule has 0 spiro atoms. The van der Waals surface area contributed by atoms with E-state index in [-0.39, 0.29) is 5.91 Å². The first-order chi connectivity index (χ1) is 16.2. The molecule has 1 heterocycles. The van der Waals surface area contributed by atoms with Gasteiger partial charge in [-0.1, -0.05) is 67.6 Å². The fourth-order valence-corrected chi connectivity index (χ4v) is 4.86. The minimum Gasteiger partial charge on any atom is -0.352 e. The molecule has 1 aliphatic carbocycles. The number of carbonyl (C=O) groups excluding carboxylic acids is 1. The lowest BCUT2D eigenvalue weighted by atomic mass is 9.89. The van der Waals surface area contributed by atoms with E-state index in [9.17, 15) is 4.79 Å². The van der Waals surface area contributed by atoms with E-state index in [1.165, 1.54) is 34.5 Å². The quantitative estimate of drug-likeness (QED) is 0.383. The van der Waals surface area contributed by atoms with Crippen molar-refractivity contribution in [1.82, 2.24) is 9.88 Å². The van der Waals surface area contributed by atoms with Gasteiger partial charge in [-0.25, -0.2) is 0 Å². The van der Waals surface area contributed by atoms with Crippen molar-refractivity contribution in [2.75, 3.05) is 6.54 Å². The van der Waals surface area contributed by atoms with Crippen LogP contribution in [0.3, 0.4) is 0 Å². The number of benzene rings is 3. The molecule has 0 saturated carbocycles. The summed E-state index contributed by atoms with van der Waals surface area (Å²) in [6.07, 6.45) is 4.27. The first-order valence-corrected chi connectivity index (χ1v) is 11.9. The molecule has 33 heavy (non-hydrogen) atoms. The Morgan fingerprint density at radius 1 is 0.939 bits per heavy atom. The molecule has 0 bridgehead atoms. The lowest BCUT2D eigenvalue weighted by Gasteiger charge is -2.21. The molecule has 0 saturated heterocycles. The summed E-state index contributed by atoms with van der Waals surface area (Å²) in [6, 6.07) is 31.3. The molecule has 1 N–H and O–H groups in total. The maximum Gasteiger partial charge on any atom is 0.251 e. The molecule has 5 rings (SSSR count). The van der Waals surface area contributed by atoms with Gasteiger partial charge in [-0.2, -0.15) is 0 Å². The zero-order valence-corrected chi connectivity index (χ0v) is 19.1. The van der Waals surface area contributed by atoms with E-state index in [0.29, 0.717) is 12.1 Å². The Labute approximate surface area is 196 Å². The summed E-state index contributed by atoms with van der Waals surface area (Å²) < 4.78 is 2.40. The average Bonchev–Trinajstić information content (AvgIpc) is 3.24. The molecule has 0 unspecified atom stereocenters. The summed E-state index contributed by atoms with van der Waals surface area (Å²) in [7, 11) is 0. The van der Waals surface area contributed by atoms with Gasteiger partial charge < -0.3 is 9.88 Å². The second kappa shape index (κ2) is 9.50. The molecule has 1 atom stereocenters. The minimum absolute atomic E-state index is 0.0240. The van der Waals surface area contributed by atoms with Crippen LogP contribution in [0.15, 0.2) is 91.0 Å². The average molecular weight is 435 g/mol. The summed E-state index contributed by atoms with van der Waals surface area (Å²) >= 11 is 0. The van der Waals surface area contributed by atoms with Gasteiger partial charge in [-0.3, -0.25) is 4.79 Å². The molecular formula is C30H30N2O. The highest BCUT2D eigenvalue weighted by molar-refractivity contribution is 5.94. The molecule has 1 aromatic heterocycles. The third-order valence-electron chi connectivity index (χ3n) is 6.63. The van der Waals surface area contributed by atoms with E-state index in [0.717, 1.165) is 30.9 Å². The van der Waals surface area contributed by atoms with E-state index >= 15 is 0 Å². The van der Waals surface area contributed by atoms with Crippen molar-refractivity contribution in [2.24, 2.45) is 5.92 Å². The first-order valence-electron chi connectivity index (χ1n) is 11.9. The highest BCUT2D eigenvalue weighted by atomic mass is 16.1. The Kier molecular flexibility index (Phi) is 6.12. The predicted octanol–water partition coefficient (Wildman–Crippen LogP) is 6.24. The Hall–Kier alpha value is -3.59. The van der Waals surface area contributed by atoms with Gasteiger partial charge in [0.2, 0.25) is 0 Å². The van der Waals surface area contributed by atoms with E-state index in [1.54, 1.807) is 0 Å². The molecular weight excluding hydrogens is 404 g/mol. The van der Waals surface area contributed by atoms with E-state index in [4.69, 9.17) is 0 Å². The summed E-state index contributed by atoms with van der Waals surface area (Å²) in [6.45, 7) is 2.97. The number of fused-ring (bicyclic) bond motifs is 1. The van der Waals surface area contributed by atoms with Gasteiger partial charge in [0.1, 0.15) is 0 Å². The number of amides is 1. The highest BCUT2D eigenvalue weighted by Gasteiger charge is 2.23. The Morgan fingerprint density at radius 2 is 1.64 bits per heavy atom. The summed E-state index contributed by atoms with van der Waals surface area (Å²) in [5, 5.41) is 3.05. The second-order valence-corrected chi connectivity index (χ2v) is 9.09. The van der Waals surface area contributed by atoms with Crippen molar-refractivity contribution in [2.45, 2.75) is 32.6 Å². The van der Waals surface area contributed by atoms with Crippen LogP contribution >= 0.6 is 0 Å². The van der Waals surface area contributed by atoms with Crippen molar-refractivity contribution < 1.29 is 4.79 Å². The fraction of sp³-hybridized carbons (Fsp3) is 0.233. The number of nitrogens with zero attached hydrogens (tertiary/aromatic N) is 1. The van der Waals surface area contributed by atoms with Crippen LogP contribution in [0.25, 0.3) is 16.9 Å². The number of hydrogen-bond acceptors (Lipinski definition) is 1. The van der Waals surface area contributed by atoms with Crippen LogP contribution in [-0.2, 0) is 19.3 Å². The summed E-state index contributed by atoms with van der Waals surface area (Å²) in [5.41, 5.74) is 8.36. The standard InChI is InChI=1S/C30H30N2O/c1-22-12-17-28-26(20-22)21-29(24-10-6-3-7-11-24)32(28)27-15-13-25(14-16-27)30(33)31-19-18-23-8-4-2-5-9-23/h2-11,13-16,21-22H,12,17-20H2,1H3,(H,31,33)/t22-/m0/s1. The number of carbonyl (C=O) groups is 1. The van der Waals surface area contributed by atoms with Crippen LogP contribution < -0.4 is 5.32 Å². The molecule has 1 aliphatic rings. The summed E-state index contributed by atoms with van der Waals surface area (Å²) in [5.74, 6) is 0.697. The molecule has 3 aromatic carbocycles. The topological polar surface area (TPSA) is 34.0 Å². The van der Waals surface area contributed by atoms with Crippen molar-refractivity contribution in [3.8, 4) is 16.9 Å². The number of nitrogens with one attached hydrogen (secondary N) is 1. The van der Waals surface area contributed by atoms with Crippen LogP contribution in [0.4, 0.5) is 0 Å². The first kappa shape index (κ1) is 21.3. The van der Waals surface area contributed by atoms with Crippen LogP contribution in [0, 0.1) is 5.92 Å². The van der Waals surface area contributed by atoms with E-state index in [1.807, 2.05) is 30.3 Å². The van der Waals surface area contributed by atoms with E-state index < -0.39 is 0 Å². The van der Waals surface area contributed by atoms with Crippen LogP contribution in [0.2, 0.25) is 0 Å². The highest BCUT2D eigenvalue weighted by Crippen LogP contribution is 2.35. The normalized spacial score (nSPS) is 15.1. The smallest absolute Gasteiger partial charge is 0.251 e. The van der Waals surface area contributed by atoms with Gasteiger partial charge in [0.25, 0.3) is 5.91 Å². The molecule has 3 nitrogen and oxygen atoms in total. The van der Waals surface area contributed by atoms with Gasteiger partial charge in [-0.05, 0) is 78.6 Å². The zero-order chi connectivity index (χ0) is 22.6. The molecule has 1 amide bonds. The van der Waals surface area contributed by atoms with Gasteiger partial charge in [0.05, 0.1) is 5.69 Å². The van der Waals surface area contributed by atoms with Crippen LogP contribution in [0.5, 0.6) is 0 Å². The van der Waals surface area contributed by atoms with Gasteiger partial charge in [0, 0.05) is 23.5 Å². The van der Waals surface area contributed by atoms with Crippen LogP contribution in [0.1, 0.15) is 40.5 Å². The molecule has 0 aliphatic heterocycles. The van der Waals surface area contributed by atoms with Gasteiger partial charge in [-0.15, -0.1) is 0 Å². The van der Waals surface area contributed by atoms with Crippen molar-refractivity contribution in [3.63, 3.8) is 0 Å². The number of aromatic nitrogens is 1. The largest absolute Gasteiger partial charge is 0.352 e. The molecule has 0 fully saturated rings. The van der Waals surface area contributed by atoms with Crippen molar-refractivity contribution >= 4 is 5.91 Å². The Bertz CT molecular complexity index is 1220. The predicted molar refractivity (Wildman–Crippen MR) is 135 cm³/mol. The number of rotatable bonds is 6. The minimum atomic E-state index is -0.0240. The van der Waals surface area contributed by atoms with Crippen molar-refractivity contribution in [1.29, 1.82) is 0 Å².